The second kappa shape index (κ2) is 6.14. The summed E-state index contributed by atoms with van der Waals surface area (Å²) in [4.78, 5) is 16.8. The average Bonchev–Trinajstić information content (AvgIpc) is 2.53. The second-order valence-corrected chi connectivity index (χ2v) is 5.94. The molecule has 4 heteroatoms. The summed E-state index contributed by atoms with van der Waals surface area (Å²) in [5.74, 6) is 0.852. The molecule has 0 spiro atoms. The Hall–Kier alpha value is -2.07. The third kappa shape index (κ3) is 3.00. The van der Waals surface area contributed by atoms with Gasteiger partial charge in [-0.15, -0.1) is 11.8 Å². The number of nitrogens with zero attached hydrogens (tertiary/aromatic N) is 2. The average molecular weight is 296 g/mol. The van der Waals surface area contributed by atoms with E-state index in [2.05, 4.69) is 17.1 Å². The van der Waals surface area contributed by atoms with Gasteiger partial charge in [0, 0.05) is 12.8 Å². The van der Waals surface area contributed by atoms with Crippen molar-refractivity contribution in [3.63, 3.8) is 0 Å². The summed E-state index contributed by atoms with van der Waals surface area (Å²) in [5.41, 5.74) is 2.99. The van der Waals surface area contributed by atoms with E-state index in [9.17, 15) is 4.79 Å². The Bertz CT molecular complexity index is 812. The highest BCUT2D eigenvalue weighted by atomic mass is 32.2. The zero-order valence-electron chi connectivity index (χ0n) is 11.8. The van der Waals surface area contributed by atoms with Crippen LogP contribution in [0.25, 0.3) is 11.0 Å². The van der Waals surface area contributed by atoms with E-state index in [1.165, 1.54) is 17.3 Å². The number of hydrogen-bond acceptors (Lipinski definition) is 3. The van der Waals surface area contributed by atoms with Gasteiger partial charge in [0.2, 0.25) is 0 Å². The lowest BCUT2D eigenvalue weighted by atomic mass is 10.2. The molecule has 2 aromatic carbocycles. The zero-order chi connectivity index (χ0) is 14.7. The molecule has 0 atom stereocenters. The minimum Gasteiger partial charge on any atom is -0.308 e. The maximum atomic E-state index is 12.3. The predicted octanol–water partition coefficient (Wildman–Crippen LogP) is 3.27. The molecule has 0 bridgehead atoms. The Morgan fingerprint density at radius 3 is 2.57 bits per heavy atom. The van der Waals surface area contributed by atoms with Gasteiger partial charge in [0.1, 0.15) is 0 Å². The van der Waals surface area contributed by atoms with Crippen LogP contribution in [0.15, 0.2) is 64.4 Å². The smallest absolute Gasteiger partial charge is 0.283 e. The van der Waals surface area contributed by atoms with Gasteiger partial charge in [0.15, 0.2) is 5.03 Å². The molecule has 0 aliphatic heterocycles. The highest BCUT2D eigenvalue weighted by Gasteiger charge is 2.08. The van der Waals surface area contributed by atoms with Crippen molar-refractivity contribution in [1.29, 1.82) is 0 Å². The van der Waals surface area contributed by atoms with Crippen molar-refractivity contribution in [1.82, 2.24) is 9.55 Å². The van der Waals surface area contributed by atoms with Gasteiger partial charge in [-0.05, 0) is 24.1 Å². The van der Waals surface area contributed by atoms with Crippen molar-refractivity contribution in [2.24, 2.45) is 7.05 Å². The van der Waals surface area contributed by atoms with E-state index in [-0.39, 0.29) is 5.56 Å². The van der Waals surface area contributed by atoms with E-state index in [0.717, 1.165) is 23.2 Å². The lowest BCUT2D eigenvalue weighted by Crippen LogP contribution is -2.20. The molecule has 0 aliphatic carbocycles. The molecule has 21 heavy (non-hydrogen) atoms. The third-order valence-corrected chi connectivity index (χ3v) is 4.37. The minimum atomic E-state index is -0.0215. The molecule has 106 valence electrons. The van der Waals surface area contributed by atoms with Gasteiger partial charge in [0.25, 0.3) is 5.56 Å². The van der Waals surface area contributed by atoms with Crippen LogP contribution in [-0.4, -0.2) is 15.3 Å². The number of hydrogen-bond donors (Lipinski definition) is 0. The van der Waals surface area contributed by atoms with Gasteiger partial charge in [-0.3, -0.25) is 4.79 Å². The summed E-state index contributed by atoms with van der Waals surface area (Å²) < 4.78 is 1.67. The monoisotopic (exact) mass is 296 g/mol. The molecule has 3 aromatic rings. The van der Waals surface area contributed by atoms with Gasteiger partial charge < -0.3 is 4.57 Å². The molecule has 0 radical (unpaired) electrons. The molecular formula is C17H16N2OS. The summed E-state index contributed by atoms with van der Waals surface area (Å²) in [6, 6.07) is 18.0. The van der Waals surface area contributed by atoms with Crippen molar-refractivity contribution in [2.75, 3.05) is 5.75 Å². The van der Waals surface area contributed by atoms with E-state index >= 15 is 0 Å². The zero-order valence-corrected chi connectivity index (χ0v) is 12.6. The summed E-state index contributed by atoms with van der Waals surface area (Å²) in [6.45, 7) is 0. The number of para-hydroxylation sites is 2. The number of rotatable bonds is 4. The van der Waals surface area contributed by atoms with Crippen LogP contribution >= 0.6 is 11.8 Å². The van der Waals surface area contributed by atoms with Crippen LogP contribution in [0.1, 0.15) is 5.56 Å². The standard InChI is InChI=1S/C17H16N2OS/c1-19-15-10-6-5-9-14(15)18-16(17(19)20)21-12-11-13-7-3-2-4-8-13/h2-10H,11-12H2,1H3. The van der Waals surface area contributed by atoms with Gasteiger partial charge in [-0.1, -0.05) is 42.5 Å². The van der Waals surface area contributed by atoms with Gasteiger partial charge in [-0.25, -0.2) is 4.98 Å². The molecule has 0 saturated heterocycles. The molecular weight excluding hydrogens is 280 g/mol. The van der Waals surface area contributed by atoms with Gasteiger partial charge in [-0.2, -0.15) is 0 Å². The first-order valence-electron chi connectivity index (χ1n) is 6.88. The fourth-order valence-corrected chi connectivity index (χ4v) is 3.21. The van der Waals surface area contributed by atoms with E-state index in [1.54, 1.807) is 11.6 Å². The Kier molecular flexibility index (Phi) is 4.06. The molecule has 1 heterocycles. The Labute approximate surface area is 127 Å². The maximum Gasteiger partial charge on any atom is 0.283 e. The quantitative estimate of drug-likeness (QED) is 0.693. The minimum absolute atomic E-state index is 0.0215. The van der Waals surface area contributed by atoms with Crippen molar-refractivity contribution < 1.29 is 0 Å². The van der Waals surface area contributed by atoms with E-state index in [4.69, 9.17) is 0 Å². The number of thioether (sulfide) groups is 1. The fourth-order valence-electron chi connectivity index (χ4n) is 2.26. The first kappa shape index (κ1) is 13.9. The van der Waals surface area contributed by atoms with E-state index < -0.39 is 0 Å². The first-order chi connectivity index (χ1) is 10.3. The third-order valence-electron chi connectivity index (χ3n) is 3.43. The highest BCUT2D eigenvalue weighted by Crippen LogP contribution is 2.17. The van der Waals surface area contributed by atoms with E-state index in [1.807, 2.05) is 42.5 Å². The summed E-state index contributed by atoms with van der Waals surface area (Å²) >= 11 is 1.53. The van der Waals surface area contributed by atoms with Crippen LogP contribution in [0.2, 0.25) is 0 Å². The molecule has 1 aromatic heterocycles. The first-order valence-corrected chi connectivity index (χ1v) is 7.87. The summed E-state index contributed by atoms with van der Waals surface area (Å²) in [6.07, 6.45) is 0.934. The van der Waals surface area contributed by atoms with Crippen LogP contribution in [0.5, 0.6) is 0 Å². The largest absolute Gasteiger partial charge is 0.308 e. The van der Waals surface area contributed by atoms with Crippen LogP contribution in [0, 0.1) is 0 Å². The number of benzene rings is 2. The maximum absolute atomic E-state index is 12.3. The summed E-state index contributed by atoms with van der Waals surface area (Å²) in [5, 5.41) is 0.576. The van der Waals surface area contributed by atoms with Crippen molar-refractivity contribution >= 4 is 22.8 Å². The lowest BCUT2D eigenvalue weighted by Gasteiger charge is -2.07. The molecule has 0 amide bonds. The fraction of sp³-hybridized carbons (Fsp3) is 0.176. The van der Waals surface area contributed by atoms with Gasteiger partial charge in [0.05, 0.1) is 11.0 Å². The van der Waals surface area contributed by atoms with Crippen LogP contribution in [0.4, 0.5) is 0 Å². The predicted molar refractivity (Wildman–Crippen MR) is 87.9 cm³/mol. The molecule has 3 rings (SSSR count). The number of aromatic nitrogens is 2. The molecule has 0 fully saturated rings. The van der Waals surface area contributed by atoms with Crippen LogP contribution in [-0.2, 0) is 13.5 Å². The van der Waals surface area contributed by atoms with Crippen molar-refractivity contribution in [3.05, 3.63) is 70.5 Å². The highest BCUT2D eigenvalue weighted by molar-refractivity contribution is 7.99. The second-order valence-electron chi connectivity index (χ2n) is 4.85. The molecule has 0 aliphatic rings. The normalized spacial score (nSPS) is 10.9. The Morgan fingerprint density at radius 2 is 1.76 bits per heavy atom. The summed E-state index contributed by atoms with van der Waals surface area (Å²) in [7, 11) is 1.80. The van der Waals surface area contributed by atoms with E-state index in [0.29, 0.717) is 5.03 Å². The van der Waals surface area contributed by atoms with Gasteiger partial charge >= 0.3 is 0 Å². The SMILES string of the molecule is Cn1c(=O)c(SCCc2ccccc2)nc2ccccc21. The molecule has 0 N–H and O–H groups in total. The Balaban J connectivity index is 1.81. The van der Waals surface area contributed by atoms with Crippen molar-refractivity contribution in [2.45, 2.75) is 11.4 Å². The van der Waals surface area contributed by atoms with Crippen LogP contribution in [0.3, 0.4) is 0 Å². The number of fused-ring (bicyclic) bond motifs is 1. The molecule has 3 nitrogen and oxygen atoms in total. The van der Waals surface area contributed by atoms with Crippen molar-refractivity contribution in [3.8, 4) is 0 Å². The van der Waals surface area contributed by atoms with Crippen LogP contribution < -0.4 is 5.56 Å². The lowest BCUT2D eigenvalue weighted by molar-refractivity contribution is 0.843. The number of aryl methyl sites for hydroxylation is 2. The Morgan fingerprint density at radius 1 is 1.05 bits per heavy atom. The molecule has 0 saturated carbocycles. The molecule has 0 unspecified atom stereocenters. The topological polar surface area (TPSA) is 34.9 Å².